The summed E-state index contributed by atoms with van der Waals surface area (Å²) in [5, 5.41) is 2.81. The lowest BCUT2D eigenvalue weighted by Gasteiger charge is -2.08. The van der Waals surface area contributed by atoms with Crippen LogP contribution in [-0.2, 0) is 6.54 Å². The third kappa shape index (κ3) is 2.80. The number of thiazole rings is 1. The van der Waals surface area contributed by atoms with Gasteiger partial charge in [-0.1, -0.05) is 12.1 Å². The standard InChI is InChI=1S/C11H12N4OS/c12-15-10-4-2-1-3-9(10)11(16)14-6-8-5-13-7-17-8/h1-5,7,15H,6,12H2,(H,14,16). The zero-order valence-electron chi connectivity index (χ0n) is 9.01. The van der Waals surface area contributed by atoms with Gasteiger partial charge in [0.1, 0.15) is 0 Å². The maximum atomic E-state index is 11.9. The van der Waals surface area contributed by atoms with Crippen LogP contribution in [0, 0.1) is 0 Å². The van der Waals surface area contributed by atoms with Gasteiger partial charge in [-0.15, -0.1) is 11.3 Å². The van der Waals surface area contributed by atoms with Crippen molar-refractivity contribution in [2.24, 2.45) is 5.84 Å². The van der Waals surface area contributed by atoms with Gasteiger partial charge in [-0.05, 0) is 12.1 Å². The van der Waals surface area contributed by atoms with Gasteiger partial charge in [-0.2, -0.15) is 0 Å². The maximum absolute atomic E-state index is 11.9. The Hall–Kier alpha value is -1.92. The molecule has 6 heteroatoms. The van der Waals surface area contributed by atoms with Crippen LogP contribution in [0.4, 0.5) is 5.69 Å². The molecule has 2 rings (SSSR count). The first-order chi connectivity index (χ1) is 8.31. The number of nitrogens with one attached hydrogen (secondary N) is 2. The number of nitrogen functional groups attached to an aromatic ring is 1. The van der Waals surface area contributed by atoms with Crippen molar-refractivity contribution < 1.29 is 4.79 Å². The minimum absolute atomic E-state index is 0.160. The van der Waals surface area contributed by atoms with Crippen molar-refractivity contribution in [3.05, 3.63) is 46.4 Å². The molecular weight excluding hydrogens is 236 g/mol. The normalized spacial score (nSPS) is 9.94. The van der Waals surface area contributed by atoms with Crippen LogP contribution >= 0.6 is 11.3 Å². The molecule has 0 aliphatic rings. The number of nitrogens with zero attached hydrogens (tertiary/aromatic N) is 1. The Morgan fingerprint density at radius 1 is 1.41 bits per heavy atom. The van der Waals surface area contributed by atoms with Gasteiger partial charge in [-0.25, -0.2) is 0 Å². The van der Waals surface area contributed by atoms with E-state index in [1.54, 1.807) is 29.9 Å². The molecule has 0 unspecified atom stereocenters. The second-order valence-electron chi connectivity index (χ2n) is 3.34. The lowest BCUT2D eigenvalue weighted by molar-refractivity contribution is 0.0952. The van der Waals surface area contributed by atoms with Gasteiger partial charge in [0.15, 0.2) is 0 Å². The van der Waals surface area contributed by atoms with Gasteiger partial charge in [0.05, 0.1) is 23.3 Å². The summed E-state index contributed by atoms with van der Waals surface area (Å²) in [7, 11) is 0. The van der Waals surface area contributed by atoms with Gasteiger partial charge in [0, 0.05) is 11.1 Å². The minimum atomic E-state index is -0.160. The molecule has 0 spiro atoms. The lowest BCUT2D eigenvalue weighted by atomic mass is 10.1. The van der Waals surface area contributed by atoms with Crippen molar-refractivity contribution in [1.29, 1.82) is 0 Å². The molecule has 0 saturated carbocycles. The van der Waals surface area contributed by atoms with Crippen molar-refractivity contribution in [3.63, 3.8) is 0 Å². The summed E-state index contributed by atoms with van der Waals surface area (Å²) in [6.07, 6.45) is 1.73. The number of carbonyl (C=O) groups excluding carboxylic acids is 1. The van der Waals surface area contributed by atoms with Crippen molar-refractivity contribution in [2.45, 2.75) is 6.54 Å². The maximum Gasteiger partial charge on any atom is 0.253 e. The smallest absolute Gasteiger partial charge is 0.253 e. The number of hydrazine groups is 1. The number of rotatable bonds is 4. The Morgan fingerprint density at radius 3 is 2.94 bits per heavy atom. The van der Waals surface area contributed by atoms with Crippen LogP contribution in [0.3, 0.4) is 0 Å². The number of amides is 1. The van der Waals surface area contributed by atoms with Crippen molar-refractivity contribution >= 4 is 22.9 Å². The molecule has 1 heterocycles. The van der Waals surface area contributed by atoms with E-state index in [9.17, 15) is 4.79 Å². The topological polar surface area (TPSA) is 80.0 Å². The molecule has 5 nitrogen and oxygen atoms in total. The van der Waals surface area contributed by atoms with E-state index in [1.807, 2.05) is 6.07 Å². The minimum Gasteiger partial charge on any atom is -0.347 e. The molecule has 1 aromatic carbocycles. The number of benzene rings is 1. The Bertz CT molecular complexity index is 498. The van der Waals surface area contributed by atoms with Gasteiger partial charge < -0.3 is 10.7 Å². The summed E-state index contributed by atoms with van der Waals surface area (Å²) in [5.74, 6) is 5.18. The molecule has 17 heavy (non-hydrogen) atoms. The first kappa shape index (κ1) is 11.6. The first-order valence-electron chi connectivity index (χ1n) is 5.02. The number of para-hydroxylation sites is 1. The highest BCUT2D eigenvalue weighted by molar-refractivity contribution is 7.09. The zero-order valence-corrected chi connectivity index (χ0v) is 9.83. The average Bonchev–Trinajstić information content (AvgIpc) is 2.89. The van der Waals surface area contributed by atoms with Crippen LogP contribution < -0.4 is 16.6 Å². The van der Waals surface area contributed by atoms with Crippen molar-refractivity contribution in [1.82, 2.24) is 10.3 Å². The average molecular weight is 248 g/mol. The van der Waals surface area contributed by atoms with E-state index in [4.69, 9.17) is 5.84 Å². The SMILES string of the molecule is NNc1ccccc1C(=O)NCc1cncs1. The van der Waals surface area contributed by atoms with Crippen LogP contribution in [0.15, 0.2) is 36.0 Å². The highest BCUT2D eigenvalue weighted by Gasteiger charge is 2.09. The predicted molar refractivity (Wildman–Crippen MR) is 67.5 cm³/mol. The Kier molecular flexibility index (Phi) is 3.69. The fourth-order valence-corrected chi connectivity index (χ4v) is 1.93. The molecule has 2 aromatic rings. The molecule has 0 radical (unpaired) electrons. The van der Waals surface area contributed by atoms with Gasteiger partial charge in [0.2, 0.25) is 0 Å². The van der Waals surface area contributed by atoms with E-state index in [0.717, 1.165) is 4.88 Å². The van der Waals surface area contributed by atoms with Crippen molar-refractivity contribution in [3.8, 4) is 0 Å². The zero-order chi connectivity index (χ0) is 12.1. The Morgan fingerprint density at radius 2 is 2.24 bits per heavy atom. The molecule has 0 aliphatic heterocycles. The monoisotopic (exact) mass is 248 g/mol. The summed E-state index contributed by atoms with van der Waals surface area (Å²) in [5.41, 5.74) is 5.37. The quantitative estimate of drug-likeness (QED) is 0.564. The second-order valence-corrected chi connectivity index (χ2v) is 4.31. The van der Waals surface area contributed by atoms with E-state index >= 15 is 0 Å². The predicted octanol–water partition coefficient (Wildman–Crippen LogP) is 1.36. The lowest BCUT2D eigenvalue weighted by Crippen LogP contribution is -2.24. The molecule has 0 atom stereocenters. The van der Waals surface area contributed by atoms with E-state index < -0.39 is 0 Å². The number of hydrogen-bond acceptors (Lipinski definition) is 5. The summed E-state index contributed by atoms with van der Waals surface area (Å²) < 4.78 is 0. The first-order valence-corrected chi connectivity index (χ1v) is 5.90. The number of aromatic nitrogens is 1. The third-order valence-electron chi connectivity index (χ3n) is 2.23. The molecule has 88 valence electrons. The Labute approximate surface area is 103 Å². The highest BCUT2D eigenvalue weighted by atomic mass is 32.1. The molecule has 1 amide bonds. The van der Waals surface area contributed by atoms with Crippen LogP contribution in [-0.4, -0.2) is 10.9 Å². The molecule has 0 bridgehead atoms. The van der Waals surface area contributed by atoms with Crippen LogP contribution in [0.2, 0.25) is 0 Å². The number of carbonyl (C=O) groups is 1. The summed E-state index contributed by atoms with van der Waals surface area (Å²) in [6.45, 7) is 0.475. The molecule has 0 aliphatic carbocycles. The van der Waals surface area contributed by atoms with Gasteiger partial charge >= 0.3 is 0 Å². The van der Waals surface area contributed by atoms with Gasteiger partial charge in [-0.3, -0.25) is 15.6 Å². The largest absolute Gasteiger partial charge is 0.347 e. The van der Waals surface area contributed by atoms with Crippen molar-refractivity contribution in [2.75, 3.05) is 5.43 Å². The van der Waals surface area contributed by atoms with Crippen LogP contribution in [0.5, 0.6) is 0 Å². The number of anilines is 1. The van der Waals surface area contributed by atoms with Crippen LogP contribution in [0.1, 0.15) is 15.2 Å². The van der Waals surface area contributed by atoms with Gasteiger partial charge in [0.25, 0.3) is 5.91 Å². The second kappa shape index (κ2) is 5.42. The van der Waals surface area contributed by atoms with E-state index in [2.05, 4.69) is 15.7 Å². The number of hydrogen-bond donors (Lipinski definition) is 3. The van der Waals surface area contributed by atoms with E-state index in [-0.39, 0.29) is 5.91 Å². The molecular formula is C11H12N4OS. The summed E-state index contributed by atoms with van der Waals surface area (Å²) in [6, 6.07) is 7.08. The molecule has 1 aromatic heterocycles. The number of nitrogens with two attached hydrogens (primary N) is 1. The van der Waals surface area contributed by atoms with E-state index in [1.165, 1.54) is 11.3 Å². The summed E-state index contributed by atoms with van der Waals surface area (Å²) in [4.78, 5) is 16.8. The molecule has 0 saturated heterocycles. The fourth-order valence-electron chi connectivity index (χ4n) is 1.40. The third-order valence-corrected chi connectivity index (χ3v) is 3.01. The highest BCUT2D eigenvalue weighted by Crippen LogP contribution is 2.13. The fraction of sp³-hybridized carbons (Fsp3) is 0.0909. The molecule has 4 N–H and O–H groups in total. The Balaban J connectivity index is 2.04. The van der Waals surface area contributed by atoms with Crippen LogP contribution in [0.25, 0.3) is 0 Å². The van der Waals surface area contributed by atoms with E-state index in [0.29, 0.717) is 17.8 Å². The summed E-state index contributed by atoms with van der Waals surface area (Å²) >= 11 is 1.50. The molecule has 0 fully saturated rings.